The van der Waals surface area contributed by atoms with Crippen LogP contribution in [0.2, 0.25) is 0 Å². The molecule has 3 rings (SSSR count). The summed E-state index contributed by atoms with van der Waals surface area (Å²) in [5.74, 6) is -2.77. The number of amides is 1. The van der Waals surface area contributed by atoms with Crippen LogP contribution >= 0.6 is 11.8 Å². The van der Waals surface area contributed by atoms with E-state index in [1.54, 1.807) is 29.8 Å². The molecule has 0 aliphatic rings. The van der Waals surface area contributed by atoms with Crippen molar-refractivity contribution >= 4 is 23.5 Å². The van der Waals surface area contributed by atoms with Crippen LogP contribution in [0.15, 0.2) is 47.8 Å². The van der Waals surface area contributed by atoms with Gasteiger partial charge in [-0.15, -0.1) is 0 Å². The number of nitrogens with one attached hydrogen (secondary N) is 2. The van der Waals surface area contributed by atoms with Gasteiger partial charge in [-0.2, -0.15) is 13.2 Å². The molecule has 10 heteroatoms. The van der Waals surface area contributed by atoms with Crippen molar-refractivity contribution in [2.45, 2.75) is 11.3 Å². The highest BCUT2D eigenvalue weighted by Gasteiger charge is 2.38. The minimum absolute atomic E-state index is 0.256. The van der Waals surface area contributed by atoms with Crippen molar-refractivity contribution in [2.24, 2.45) is 0 Å². The summed E-state index contributed by atoms with van der Waals surface area (Å²) in [6, 6.07) is 8.54. The van der Waals surface area contributed by atoms with Gasteiger partial charge in [0.1, 0.15) is 11.6 Å². The Balaban J connectivity index is 2.01. The Morgan fingerprint density at radius 2 is 1.85 bits per heavy atom. The predicted molar refractivity (Wildman–Crippen MR) is 93.7 cm³/mol. The number of aromatic nitrogens is 3. The number of aromatic amines is 1. The third-order valence-corrected chi connectivity index (χ3v) is 4.12. The first-order chi connectivity index (χ1) is 12.8. The van der Waals surface area contributed by atoms with Gasteiger partial charge in [0, 0.05) is 17.3 Å². The summed E-state index contributed by atoms with van der Waals surface area (Å²) in [5.41, 5.74) is 2.10. The summed E-state index contributed by atoms with van der Waals surface area (Å²) in [6.07, 6.45) is -1.95. The summed E-state index contributed by atoms with van der Waals surface area (Å²) >= 11 is 1.34. The number of rotatable bonds is 4. The highest BCUT2D eigenvalue weighted by molar-refractivity contribution is 7.98. The average molecular weight is 396 g/mol. The number of imidazole rings is 1. The Kier molecular flexibility index (Phi) is 5.17. The second-order valence-corrected chi connectivity index (χ2v) is 6.15. The van der Waals surface area contributed by atoms with Crippen LogP contribution in [-0.2, 0) is 4.79 Å². The fourth-order valence-electron chi connectivity index (χ4n) is 2.32. The monoisotopic (exact) mass is 396 g/mol. The van der Waals surface area contributed by atoms with Crippen molar-refractivity contribution in [3.8, 4) is 22.5 Å². The van der Waals surface area contributed by atoms with Crippen molar-refractivity contribution in [3.05, 3.63) is 48.4 Å². The zero-order chi connectivity index (χ0) is 19.6. The summed E-state index contributed by atoms with van der Waals surface area (Å²) < 4.78 is 50.5. The van der Waals surface area contributed by atoms with E-state index < -0.39 is 17.9 Å². The molecule has 0 bridgehead atoms. The van der Waals surface area contributed by atoms with Gasteiger partial charge in [-0.25, -0.2) is 14.4 Å². The highest BCUT2D eigenvalue weighted by Crippen LogP contribution is 2.33. The number of benzene rings is 1. The molecule has 0 unspecified atom stereocenters. The quantitative estimate of drug-likeness (QED) is 0.503. The Hall–Kier alpha value is -2.88. The number of thioether (sulfide) groups is 1. The number of carbonyl (C=O) groups excluding carboxylic acids is 1. The molecule has 3 aromatic rings. The maximum absolute atomic E-state index is 13.2. The van der Waals surface area contributed by atoms with Gasteiger partial charge in [-0.3, -0.25) is 4.79 Å². The van der Waals surface area contributed by atoms with Crippen LogP contribution < -0.4 is 5.32 Å². The zero-order valence-corrected chi connectivity index (χ0v) is 14.6. The molecular weight excluding hydrogens is 384 g/mol. The van der Waals surface area contributed by atoms with Gasteiger partial charge in [0.05, 0.1) is 11.4 Å². The van der Waals surface area contributed by atoms with Gasteiger partial charge < -0.3 is 10.3 Å². The Morgan fingerprint density at radius 3 is 2.48 bits per heavy atom. The van der Waals surface area contributed by atoms with Crippen molar-refractivity contribution < 1.29 is 22.4 Å². The van der Waals surface area contributed by atoms with Crippen LogP contribution in [-0.4, -0.2) is 33.3 Å². The van der Waals surface area contributed by atoms with Gasteiger partial charge in [0.2, 0.25) is 0 Å². The van der Waals surface area contributed by atoms with E-state index in [2.05, 4.69) is 15.0 Å². The fourth-order valence-corrected chi connectivity index (χ4v) is 2.70. The number of anilines is 1. The molecule has 2 aromatic heterocycles. The molecule has 0 fully saturated rings. The summed E-state index contributed by atoms with van der Waals surface area (Å²) in [6.45, 7) is 0. The molecule has 0 saturated carbocycles. The van der Waals surface area contributed by atoms with Crippen molar-refractivity contribution in [1.29, 1.82) is 0 Å². The van der Waals surface area contributed by atoms with Crippen LogP contribution in [0.4, 0.5) is 23.4 Å². The topological polar surface area (TPSA) is 70.7 Å². The molecule has 0 aliphatic heterocycles. The molecule has 0 spiro atoms. The van der Waals surface area contributed by atoms with E-state index in [4.69, 9.17) is 0 Å². The number of halogens is 4. The van der Waals surface area contributed by atoms with E-state index in [1.807, 2.05) is 0 Å². The fraction of sp³-hybridized carbons (Fsp3) is 0.118. The minimum atomic E-state index is -5.02. The lowest BCUT2D eigenvalue weighted by Crippen LogP contribution is -2.30. The third-order valence-electron chi connectivity index (χ3n) is 3.54. The summed E-state index contributed by atoms with van der Waals surface area (Å²) in [5, 5.41) is 2.28. The van der Waals surface area contributed by atoms with Crippen LogP contribution in [0.3, 0.4) is 0 Å². The lowest BCUT2D eigenvalue weighted by molar-refractivity contribution is -0.167. The molecule has 2 N–H and O–H groups in total. The number of hydrogen-bond acceptors (Lipinski definition) is 4. The molecule has 0 aliphatic carbocycles. The maximum Gasteiger partial charge on any atom is 0.471 e. The van der Waals surface area contributed by atoms with Crippen molar-refractivity contribution in [1.82, 2.24) is 15.0 Å². The average Bonchev–Trinajstić information content (AvgIpc) is 3.06. The molecule has 1 amide bonds. The summed E-state index contributed by atoms with van der Waals surface area (Å²) in [7, 11) is 0. The molecule has 2 heterocycles. The van der Waals surface area contributed by atoms with Crippen LogP contribution in [0.25, 0.3) is 22.5 Å². The number of carbonyl (C=O) groups is 1. The Labute approximate surface area is 155 Å². The molecule has 0 atom stereocenters. The lowest BCUT2D eigenvalue weighted by Gasteiger charge is -2.08. The van der Waals surface area contributed by atoms with E-state index >= 15 is 0 Å². The SMILES string of the molecule is CSc1nc(-c2ccnc(NC(=O)C(F)(F)F)c2)c(-c2ccc(F)cc2)[nH]1. The molecule has 1 aromatic carbocycles. The first kappa shape index (κ1) is 18.9. The van der Waals surface area contributed by atoms with E-state index in [0.29, 0.717) is 27.7 Å². The smallest absolute Gasteiger partial charge is 0.332 e. The van der Waals surface area contributed by atoms with Gasteiger partial charge >= 0.3 is 12.1 Å². The van der Waals surface area contributed by atoms with Crippen molar-refractivity contribution in [3.63, 3.8) is 0 Å². The number of pyridine rings is 1. The first-order valence-corrected chi connectivity index (χ1v) is 8.75. The summed E-state index contributed by atoms with van der Waals surface area (Å²) in [4.78, 5) is 22.4. The molecular formula is C17H12F4N4OS. The van der Waals surface area contributed by atoms with Crippen LogP contribution in [0.5, 0.6) is 0 Å². The van der Waals surface area contributed by atoms with Gasteiger partial charge in [-0.05, 0) is 42.7 Å². The second kappa shape index (κ2) is 7.39. The minimum Gasteiger partial charge on any atom is -0.332 e. The standard InChI is InChI=1S/C17H12F4N4OS/c1-27-16-24-13(9-2-4-11(18)5-3-9)14(25-16)10-6-7-22-12(8-10)23-15(26)17(19,20)21/h2-8H,1H3,(H,24,25)(H,22,23,26). The van der Waals surface area contributed by atoms with Gasteiger partial charge in [0.25, 0.3) is 0 Å². The molecule has 0 saturated heterocycles. The Morgan fingerprint density at radius 1 is 1.15 bits per heavy atom. The molecule has 0 radical (unpaired) electrons. The number of nitrogens with zero attached hydrogens (tertiary/aromatic N) is 2. The van der Waals surface area contributed by atoms with Crippen molar-refractivity contribution in [2.75, 3.05) is 11.6 Å². The van der Waals surface area contributed by atoms with E-state index in [-0.39, 0.29) is 5.82 Å². The van der Waals surface area contributed by atoms with Gasteiger partial charge in [0.15, 0.2) is 5.16 Å². The zero-order valence-electron chi connectivity index (χ0n) is 13.8. The van der Waals surface area contributed by atoms with E-state index in [0.717, 1.165) is 0 Å². The number of alkyl halides is 3. The van der Waals surface area contributed by atoms with Gasteiger partial charge in [-0.1, -0.05) is 11.8 Å². The highest BCUT2D eigenvalue weighted by atomic mass is 32.2. The third kappa shape index (κ3) is 4.27. The number of hydrogen-bond donors (Lipinski definition) is 2. The predicted octanol–water partition coefficient (Wildman–Crippen LogP) is 4.50. The molecule has 140 valence electrons. The molecule has 27 heavy (non-hydrogen) atoms. The normalized spacial score (nSPS) is 11.4. The largest absolute Gasteiger partial charge is 0.471 e. The lowest BCUT2D eigenvalue weighted by atomic mass is 10.1. The number of H-pyrrole nitrogens is 1. The van der Waals surface area contributed by atoms with E-state index in [1.165, 1.54) is 36.2 Å². The van der Waals surface area contributed by atoms with E-state index in [9.17, 15) is 22.4 Å². The van der Waals surface area contributed by atoms with Crippen LogP contribution in [0, 0.1) is 5.82 Å². The Bertz CT molecular complexity index is 970. The molecule has 5 nitrogen and oxygen atoms in total. The maximum atomic E-state index is 13.2. The second-order valence-electron chi connectivity index (χ2n) is 5.36. The van der Waals surface area contributed by atoms with Crippen LogP contribution in [0.1, 0.15) is 0 Å². The first-order valence-electron chi connectivity index (χ1n) is 7.52.